The molecule has 0 aliphatic heterocycles. The molecule has 0 bridgehead atoms. The molecule has 0 amide bonds. The number of benzene rings is 2. The summed E-state index contributed by atoms with van der Waals surface area (Å²) in [5, 5.41) is 20.3. The van der Waals surface area contributed by atoms with E-state index in [-0.39, 0.29) is 18.0 Å². The summed E-state index contributed by atoms with van der Waals surface area (Å²) in [6.45, 7) is 3.48. The van der Waals surface area contributed by atoms with E-state index in [9.17, 15) is 10.1 Å². The maximum atomic E-state index is 11.2. The number of hydrogen-bond donors (Lipinski definition) is 1. The number of nitro groups is 1. The third-order valence-electron chi connectivity index (χ3n) is 3.01. The van der Waals surface area contributed by atoms with Gasteiger partial charge in [0.25, 0.3) is 0 Å². The Hall–Kier alpha value is -1.92. The number of hydrogen-bond acceptors (Lipinski definition) is 4. The highest BCUT2D eigenvalue weighted by Gasteiger charge is 2.19. The van der Waals surface area contributed by atoms with Crippen LogP contribution < -0.4 is 4.74 Å². The molecule has 0 aliphatic rings. The second-order valence-corrected chi connectivity index (χ2v) is 5.55. The lowest BCUT2D eigenvalue weighted by Gasteiger charge is -2.11. The van der Waals surface area contributed by atoms with Crippen LogP contribution in [0.2, 0.25) is 0 Å². The van der Waals surface area contributed by atoms with Crippen molar-refractivity contribution in [1.82, 2.24) is 0 Å². The molecular weight excluding hydrogens is 338 g/mol. The molecule has 2 aromatic carbocycles. The first kappa shape index (κ1) is 15.5. The molecule has 0 unspecified atom stereocenters. The monoisotopic (exact) mass is 351 g/mol. The van der Waals surface area contributed by atoms with Gasteiger partial charge in [0.1, 0.15) is 5.75 Å². The molecule has 1 N–H and O–H groups in total. The van der Waals surface area contributed by atoms with Crippen molar-refractivity contribution in [2.24, 2.45) is 0 Å². The standard InChI is InChI=1S/C15H14BrNO4/c1-9-5-10(2)15(14(6-9)17(19)20)21-12-4-3-11(8-18)13(16)7-12/h3-7,18H,8H2,1-2H3. The van der Waals surface area contributed by atoms with E-state index in [0.29, 0.717) is 15.8 Å². The fourth-order valence-corrected chi connectivity index (χ4v) is 2.52. The Morgan fingerprint density at radius 3 is 2.57 bits per heavy atom. The summed E-state index contributed by atoms with van der Waals surface area (Å²) < 4.78 is 6.37. The fourth-order valence-electron chi connectivity index (χ4n) is 2.04. The highest BCUT2D eigenvalue weighted by Crippen LogP contribution is 2.36. The van der Waals surface area contributed by atoms with Crippen molar-refractivity contribution in [3.8, 4) is 11.5 Å². The van der Waals surface area contributed by atoms with Crippen LogP contribution in [0.1, 0.15) is 16.7 Å². The molecule has 0 aromatic heterocycles. The van der Waals surface area contributed by atoms with E-state index >= 15 is 0 Å². The molecular formula is C15H14BrNO4. The van der Waals surface area contributed by atoms with Gasteiger partial charge >= 0.3 is 5.69 Å². The van der Waals surface area contributed by atoms with Gasteiger partial charge in [0.15, 0.2) is 0 Å². The van der Waals surface area contributed by atoms with Crippen molar-refractivity contribution in [3.63, 3.8) is 0 Å². The molecule has 0 atom stereocenters. The molecule has 110 valence electrons. The third-order valence-corrected chi connectivity index (χ3v) is 3.75. The van der Waals surface area contributed by atoms with Gasteiger partial charge in [-0.1, -0.05) is 28.1 Å². The minimum absolute atomic E-state index is 0.0603. The topological polar surface area (TPSA) is 72.6 Å². The van der Waals surface area contributed by atoms with Gasteiger partial charge in [0.05, 0.1) is 11.5 Å². The first-order valence-electron chi connectivity index (χ1n) is 6.25. The number of halogens is 1. The number of nitrogens with zero attached hydrogens (tertiary/aromatic N) is 1. The van der Waals surface area contributed by atoms with E-state index in [2.05, 4.69) is 15.9 Å². The summed E-state index contributed by atoms with van der Waals surface area (Å²) in [5.74, 6) is 0.698. The molecule has 0 fully saturated rings. The third kappa shape index (κ3) is 3.40. The number of aryl methyl sites for hydroxylation is 2. The fraction of sp³-hybridized carbons (Fsp3) is 0.200. The lowest BCUT2D eigenvalue weighted by Crippen LogP contribution is -1.97. The second kappa shape index (κ2) is 6.24. The van der Waals surface area contributed by atoms with Gasteiger partial charge in [-0.25, -0.2) is 0 Å². The quantitative estimate of drug-likeness (QED) is 0.659. The van der Waals surface area contributed by atoms with Crippen molar-refractivity contribution in [2.45, 2.75) is 20.5 Å². The zero-order valence-electron chi connectivity index (χ0n) is 11.6. The van der Waals surface area contributed by atoms with Gasteiger partial charge < -0.3 is 9.84 Å². The van der Waals surface area contributed by atoms with Crippen LogP contribution >= 0.6 is 15.9 Å². The highest BCUT2D eigenvalue weighted by atomic mass is 79.9. The van der Waals surface area contributed by atoms with Crippen molar-refractivity contribution in [2.75, 3.05) is 0 Å². The smallest absolute Gasteiger partial charge is 0.312 e. The zero-order valence-corrected chi connectivity index (χ0v) is 13.2. The van der Waals surface area contributed by atoms with E-state index in [1.54, 1.807) is 32.0 Å². The summed E-state index contributed by atoms with van der Waals surface area (Å²) >= 11 is 3.32. The molecule has 6 heteroatoms. The van der Waals surface area contributed by atoms with Crippen molar-refractivity contribution in [3.05, 3.63) is 61.6 Å². The van der Waals surface area contributed by atoms with Crippen LogP contribution in [-0.4, -0.2) is 10.0 Å². The van der Waals surface area contributed by atoms with Crippen molar-refractivity contribution >= 4 is 21.6 Å². The molecule has 0 saturated carbocycles. The molecule has 5 nitrogen and oxygen atoms in total. The minimum Gasteiger partial charge on any atom is -0.450 e. The average molecular weight is 352 g/mol. The predicted octanol–water partition coefficient (Wildman–Crippen LogP) is 4.26. The predicted molar refractivity (Wildman–Crippen MR) is 82.7 cm³/mol. The normalized spacial score (nSPS) is 10.5. The van der Waals surface area contributed by atoms with E-state index < -0.39 is 4.92 Å². The number of rotatable bonds is 4. The van der Waals surface area contributed by atoms with Crippen LogP contribution in [0.4, 0.5) is 5.69 Å². The largest absolute Gasteiger partial charge is 0.450 e. The molecule has 2 rings (SSSR count). The summed E-state index contributed by atoms with van der Waals surface area (Å²) in [6, 6.07) is 8.36. The maximum Gasteiger partial charge on any atom is 0.312 e. The molecule has 21 heavy (non-hydrogen) atoms. The summed E-state index contributed by atoms with van der Waals surface area (Å²) in [5.41, 5.74) is 2.17. The van der Waals surface area contributed by atoms with E-state index in [1.165, 1.54) is 6.07 Å². The average Bonchev–Trinajstić information content (AvgIpc) is 2.41. The number of ether oxygens (including phenoxy) is 1. The Labute approximate surface area is 130 Å². The Balaban J connectivity index is 2.44. The highest BCUT2D eigenvalue weighted by molar-refractivity contribution is 9.10. The van der Waals surface area contributed by atoms with Crippen molar-refractivity contribution < 1.29 is 14.8 Å². The maximum absolute atomic E-state index is 11.2. The van der Waals surface area contributed by atoms with E-state index in [4.69, 9.17) is 9.84 Å². The minimum atomic E-state index is -0.452. The summed E-state index contributed by atoms with van der Waals surface area (Å²) in [7, 11) is 0. The van der Waals surface area contributed by atoms with Gasteiger partial charge in [-0.3, -0.25) is 10.1 Å². The molecule has 2 aromatic rings. The SMILES string of the molecule is Cc1cc(C)c(Oc2ccc(CO)c(Br)c2)c([N+](=O)[O-])c1. The summed E-state index contributed by atoms with van der Waals surface area (Å²) in [4.78, 5) is 10.7. The second-order valence-electron chi connectivity index (χ2n) is 4.70. The van der Waals surface area contributed by atoms with Gasteiger partial charge in [-0.05, 0) is 42.7 Å². The van der Waals surface area contributed by atoms with Crippen LogP contribution in [0.15, 0.2) is 34.8 Å². The van der Waals surface area contributed by atoms with Crippen LogP contribution in [0.3, 0.4) is 0 Å². The summed E-state index contributed by atoms with van der Waals surface area (Å²) in [6.07, 6.45) is 0. The van der Waals surface area contributed by atoms with Crippen LogP contribution in [0.5, 0.6) is 11.5 Å². The van der Waals surface area contributed by atoms with Crippen LogP contribution in [0.25, 0.3) is 0 Å². The molecule has 0 aliphatic carbocycles. The molecule has 0 saturated heterocycles. The van der Waals surface area contributed by atoms with Crippen molar-refractivity contribution in [1.29, 1.82) is 0 Å². The van der Waals surface area contributed by atoms with Gasteiger partial charge in [0, 0.05) is 10.5 Å². The zero-order chi connectivity index (χ0) is 15.6. The first-order chi connectivity index (χ1) is 9.92. The Kier molecular flexibility index (Phi) is 4.59. The van der Waals surface area contributed by atoms with Gasteiger partial charge in [0.2, 0.25) is 5.75 Å². The molecule has 0 radical (unpaired) electrons. The van der Waals surface area contributed by atoms with Gasteiger partial charge in [-0.2, -0.15) is 0 Å². The van der Waals surface area contributed by atoms with Crippen LogP contribution in [0, 0.1) is 24.0 Å². The van der Waals surface area contributed by atoms with Gasteiger partial charge in [-0.15, -0.1) is 0 Å². The first-order valence-corrected chi connectivity index (χ1v) is 7.04. The van der Waals surface area contributed by atoms with E-state index in [1.807, 2.05) is 6.07 Å². The Morgan fingerprint density at radius 2 is 2.00 bits per heavy atom. The molecule has 0 spiro atoms. The number of nitro benzene ring substituents is 1. The molecule has 0 heterocycles. The Morgan fingerprint density at radius 1 is 1.29 bits per heavy atom. The number of aliphatic hydroxyl groups is 1. The van der Waals surface area contributed by atoms with Crippen LogP contribution in [-0.2, 0) is 6.61 Å². The number of aliphatic hydroxyl groups excluding tert-OH is 1. The lowest BCUT2D eigenvalue weighted by molar-refractivity contribution is -0.385. The van der Waals surface area contributed by atoms with E-state index in [0.717, 1.165) is 11.1 Å². The Bertz CT molecular complexity index is 700. The lowest BCUT2D eigenvalue weighted by atomic mass is 10.1.